The van der Waals surface area contributed by atoms with Crippen LogP contribution in [0.25, 0.3) is 10.9 Å². The first-order valence-corrected chi connectivity index (χ1v) is 13.0. The Morgan fingerprint density at radius 2 is 1.46 bits per heavy atom. The Kier molecular flexibility index (Phi) is 11.5. The minimum absolute atomic E-state index is 0.0561. The van der Waals surface area contributed by atoms with Crippen molar-refractivity contribution in [3.8, 4) is 0 Å². The highest BCUT2D eigenvalue weighted by atomic mass is 16.4. The van der Waals surface area contributed by atoms with Gasteiger partial charge in [-0.1, -0.05) is 45.9 Å². The lowest BCUT2D eigenvalue weighted by Gasteiger charge is -2.26. The summed E-state index contributed by atoms with van der Waals surface area (Å²) in [6, 6.07) is 3.00. The molecule has 12 heteroatoms. The van der Waals surface area contributed by atoms with Gasteiger partial charge in [-0.15, -0.1) is 0 Å². The summed E-state index contributed by atoms with van der Waals surface area (Å²) in [5.41, 5.74) is 7.64. The number of nitrogens with two attached hydrogens (primary N) is 1. The molecule has 1 aromatic carbocycles. The largest absolute Gasteiger partial charge is 0.481 e. The van der Waals surface area contributed by atoms with E-state index in [1.807, 2.05) is 38.1 Å². The van der Waals surface area contributed by atoms with E-state index in [0.29, 0.717) is 0 Å². The maximum absolute atomic E-state index is 13.5. The average Bonchev–Trinajstić information content (AvgIpc) is 3.27. The molecular formula is C27H39N5O7. The van der Waals surface area contributed by atoms with Crippen LogP contribution in [-0.2, 0) is 30.4 Å². The fraction of sp³-hybridized carbons (Fsp3) is 0.519. The Labute approximate surface area is 227 Å². The van der Waals surface area contributed by atoms with E-state index in [1.165, 1.54) is 0 Å². The fourth-order valence-electron chi connectivity index (χ4n) is 4.07. The van der Waals surface area contributed by atoms with E-state index < -0.39 is 60.2 Å². The predicted octanol–water partition coefficient (Wildman–Crippen LogP) is 1.14. The summed E-state index contributed by atoms with van der Waals surface area (Å²) in [5.74, 6) is -4.73. The van der Waals surface area contributed by atoms with Crippen molar-refractivity contribution in [1.82, 2.24) is 20.9 Å². The van der Waals surface area contributed by atoms with Crippen molar-refractivity contribution in [2.45, 2.75) is 77.5 Å². The number of hydrogen-bond donors (Lipinski definition) is 7. The molecule has 4 unspecified atom stereocenters. The number of carbonyl (C=O) groups excluding carboxylic acids is 3. The Hall–Kier alpha value is -3.93. The number of benzene rings is 1. The van der Waals surface area contributed by atoms with Crippen LogP contribution in [-0.4, -0.2) is 69.0 Å². The summed E-state index contributed by atoms with van der Waals surface area (Å²) in [4.78, 5) is 65.0. The molecule has 8 N–H and O–H groups in total. The zero-order valence-corrected chi connectivity index (χ0v) is 22.7. The van der Waals surface area contributed by atoms with Crippen LogP contribution in [0.1, 0.15) is 52.5 Å². The van der Waals surface area contributed by atoms with Crippen molar-refractivity contribution in [2.75, 3.05) is 0 Å². The number of rotatable bonds is 15. The van der Waals surface area contributed by atoms with Gasteiger partial charge in [0.1, 0.15) is 18.1 Å². The van der Waals surface area contributed by atoms with Gasteiger partial charge in [0.25, 0.3) is 0 Å². The molecule has 0 aliphatic carbocycles. The Bertz CT molecular complexity index is 1180. The van der Waals surface area contributed by atoms with Gasteiger partial charge < -0.3 is 36.9 Å². The van der Waals surface area contributed by atoms with Crippen LogP contribution in [0.5, 0.6) is 0 Å². The molecule has 0 aliphatic rings. The fourth-order valence-corrected chi connectivity index (χ4v) is 4.07. The molecule has 0 radical (unpaired) electrons. The molecule has 0 saturated heterocycles. The van der Waals surface area contributed by atoms with Crippen molar-refractivity contribution < 1.29 is 34.2 Å². The number of aliphatic carboxylic acids is 2. The van der Waals surface area contributed by atoms with E-state index in [1.54, 1.807) is 20.0 Å². The highest BCUT2D eigenvalue weighted by molar-refractivity contribution is 5.95. The van der Waals surface area contributed by atoms with Gasteiger partial charge in [0.2, 0.25) is 17.7 Å². The molecule has 0 saturated carbocycles. The van der Waals surface area contributed by atoms with E-state index in [-0.39, 0.29) is 31.1 Å². The van der Waals surface area contributed by atoms with Crippen molar-refractivity contribution in [1.29, 1.82) is 0 Å². The smallest absolute Gasteiger partial charge is 0.326 e. The number of aromatic amines is 1. The summed E-state index contributed by atoms with van der Waals surface area (Å²) in [5, 5.41) is 26.9. The Morgan fingerprint density at radius 1 is 0.872 bits per heavy atom. The van der Waals surface area contributed by atoms with Gasteiger partial charge in [-0.2, -0.15) is 0 Å². The van der Waals surface area contributed by atoms with Crippen molar-refractivity contribution in [3.05, 3.63) is 36.0 Å². The van der Waals surface area contributed by atoms with Crippen LogP contribution < -0.4 is 21.7 Å². The minimum Gasteiger partial charge on any atom is -0.481 e. The van der Waals surface area contributed by atoms with E-state index in [0.717, 1.165) is 16.5 Å². The normalized spacial score (nSPS) is 14.4. The van der Waals surface area contributed by atoms with Gasteiger partial charge >= 0.3 is 11.9 Å². The average molecular weight is 546 g/mol. The third-order valence-corrected chi connectivity index (χ3v) is 6.35. The standard InChI is InChI=1S/C27H39N5O7/c1-14(2)11-20(24(35)30-19(27(38)39)9-10-22(33)34)31-25(36)21(32-26(37)23(28)15(3)4)12-16-13-29-18-8-6-5-7-17(16)18/h5-8,13-15,19-21,23,29H,9-12,28H2,1-4H3,(H,30,35)(H,31,36)(H,32,37)(H,33,34)(H,38,39). The quantitative estimate of drug-likeness (QED) is 0.172. The predicted molar refractivity (Wildman–Crippen MR) is 145 cm³/mol. The zero-order chi connectivity index (χ0) is 29.3. The Balaban J connectivity index is 2.29. The molecule has 3 amide bonds. The van der Waals surface area contributed by atoms with E-state index in [2.05, 4.69) is 20.9 Å². The number of fused-ring (bicyclic) bond motifs is 1. The molecular weight excluding hydrogens is 506 g/mol. The Morgan fingerprint density at radius 3 is 2.05 bits per heavy atom. The number of carbonyl (C=O) groups is 5. The molecule has 214 valence electrons. The number of para-hydroxylation sites is 1. The minimum atomic E-state index is -1.44. The van der Waals surface area contributed by atoms with Crippen LogP contribution in [0.3, 0.4) is 0 Å². The molecule has 0 bridgehead atoms. The van der Waals surface area contributed by atoms with E-state index in [9.17, 15) is 29.1 Å². The summed E-state index contributed by atoms with van der Waals surface area (Å²) in [6.45, 7) is 7.23. The number of carboxylic acids is 2. The van der Waals surface area contributed by atoms with Crippen LogP contribution in [0, 0.1) is 11.8 Å². The van der Waals surface area contributed by atoms with Gasteiger partial charge in [0.05, 0.1) is 6.04 Å². The number of aromatic nitrogens is 1. The first kappa shape index (κ1) is 31.3. The van der Waals surface area contributed by atoms with Crippen molar-refractivity contribution in [2.24, 2.45) is 17.6 Å². The number of H-pyrrole nitrogens is 1. The maximum atomic E-state index is 13.5. The van der Waals surface area contributed by atoms with Crippen molar-refractivity contribution in [3.63, 3.8) is 0 Å². The first-order chi connectivity index (χ1) is 18.3. The third kappa shape index (κ3) is 9.40. The maximum Gasteiger partial charge on any atom is 0.326 e. The lowest BCUT2D eigenvalue weighted by molar-refractivity contribution is -0.143. The second-order valence-corrected chi connectivity index (χ2v) is 10.4. The number of amides is 3. The summed E-state index contributed by atoms with van der Waals surface area (Å²) >= 11 is 0. The van der Waals surface area contributed by atoms with Crippen molar-refractivity contribution >= 4 is 40.6 Å². The molecule has 2 aromatic rings. The first-order valence-electron chi connectivity index (χ1n) is 13.0. The van der Waals surface area contributed by atoms with Gasteiger partial charge in [-0.05, 0) is 36.3 Å². The van der Waals surface area contributed by atoms with Crippen LogP contribution in [0.2, 0.25) is 0 Å². The topological polar surface area (TPSA) is 204 Å². The lowest BCUT2D eigenvalue weighted by atomic mass is 9.99. The highest BCUT2D eigenvalue weighted by Gasteiger charge is 2.31. The molecule has 0 fully saturated rings. The molecule has 12 nitrogen and oxygen atoms in total. The molecule has 1 aromatic heterocycles. The zero-order valence-electron chi connectivity index (χ0n) is 22.7. The second kappa shape index (κ2) is 14.3. The molecule has 2 rings (SSSR count). The van der Waals surface area contributed by atoms with Gasteiger partial charge in [-0.25, -0.2) is 4.79 Å². The summed E-state index contributed by atoms with van der Waals surface area (Å²) in [7, 11) is 0. The van der Waals surface area contributed by atoms with E-state index >= 15 is 0 Å². The van der Waals surface area contributed by atoms with E-state index in [4.69, 9.17) is 10.8 Å². The van der Waals surface area contributed by atoms with Crippen LogP contribution in [0.4, 0.5) is 0 Å². The SMILES string of the molecule is CC(C)CC(NC(=O)C(Cc1c[nH]c2ccccc12)NC(=O)C(N)C(C)C)C(=O)NC(CCC(=O)O)C(=O)O. The van der Waals surface area contributed by atoms with Gasteiger partial charge in [-0.3, -0.25) is 19.2 Å². The monoisotopic (exact) mass is 545 g/mol. The van der Waals surface area contributed by atoms with Crippen LogP contribution >= 0.6 is 0 Å². The lowest BCUT2D eigenvalue weighted by Crippen LogP contribution is -2.58. The highest BCUT2D eigenvalue weighted by Crippen LogP contribution is 2.19. The molecule has 1 heterocycles. The van der Waals surface area contributed by atoms with Gasteiger partial charge in [0.15, 0.2) is 0 Å². The summed E-state index contributed by atoms with van der Waals surface area (Å²) in [6.07, 6.45) is 1.27. The molecule has 0 aliphatic heterocycles. The third-order valence-electron chi connectivity index (χ3n) is 6.35. The molecule has 39 heavy (non-hydrogen) atoms. The second-order valence-electron chi connectivity index (χ2n) is 10.4. The molecule has 0 spiro atoms. The number of carboxylic acid groups (broad SMARTS) is 2. The number of hydrogen-bond acceptors (Lipinski definition) is 6. The van der Waals surface area contributed by atoms with Gasteiger partial charge in [0, 0.05) is 29.9 Å². The van der Waals surface area contributed by atoms with Crippen LogP contribution in [0.15, 0.2) is 30.5 Å². The summed E-state index contributed by atoms with van der Waals surface area (Å²) < 4.78 is 0. The number of nitrogens with one attached hydrogen (secondary N) is 4. The molecule has 4 atom stereocenters.